The lowest BCUT2D eigenvalue weighted by molar-refractivity contribution is 0.0558. The number of aryl methyl sites for hydroxylation is 1. The molecule has 0 bridgehead atoms. The molecule has 1 saturated carbocycles. The van der Waals surface area contributed by atoms with Crippen LogP contribution in [0.2, 0.25) is 0 Å². The van der Waals surface area contributed by atoms with Gasteiger partial charge in [-0.25, -0.2) is 4.98 Å². The van der Waals surface area contributed by atoms with E-state index in [-0.39, 0.29) is 6.61 Å². The normalized spacial score (nSPS) is 17.4. The van der Waals surface area contributed by atoms with Gasteiger partial charge < -0.3 is 15.1 Å². The molecule has 1 aromatic heterocycles. The second-order valence-corrected chi connectivity index (χ2v) is 6.02. The summed E-state index contributed by atoms with van der Waals surface area (Å²) in [6, 6.07) is 3.88. The first-order valence-electron chi connectivity index (χ1n) is 7.60. The SMILES string of the molecule is CCCc1cc(CO)cc(N(C)CC2(O)CCCC2)n1. The highest BCUT2D eigenvalue weighted by molar-refractivity contribution is 5.42. The Labute approximate surface area is 121 Å². The van der Waals surface area contributed by atoms with Gasteiger partial charge in [-0.3, -0.25) is 0 Å². The molecule has 0 spiro atoms. The lowest BCUT2D eigenvalue weighted by Crippen LogP contribution is -2.39. The standard InChI is InChI=1S/C16H26N2O2/c1-3-6-14-9-13(11-19)10-15(17-14)18(2)12-16(20)7-4-5-8-16/h9-10,19-20H,3-8,11-12H2,1-2H3. The van der Waals surface area contributed by atoms with E-state index in [1.165, 1.54) is 0 Å². The summed E-state index contributed by atoms with van der Waals surface area (Å²) in [6.45, 7) is 2.77. The molecule has 0 radical (unpaired) electrons. The Kier molecular flexibility index (Phi) is 5.00. The van der Waals surface area contributed by atoms with E-state index in [4.69, 9.17) is 0 Å². The summed E-state index contributed by atoms with van der Waals surface area (Å²) >= 11 is 0. The van der Waals surface area contributed by atoms with Crippen molar-refractivity contribution in [2.45, 2.75) is 57.7 Å². The molecule has 2 N–H and O–H groups in total. The van der Waals surface area contributed by atoms with E-state index in [1.807, 2.05) is 24.1 Å². The molecule has 0 atom stereocenters. The second-order valence-electron chi connectivity index (χ2n) is 6.02. The van der Waals surface area contributed by atoms with Crippen LogP contribution in [0.3, 0.4) is 0 Å². The molecule has 4 nitrogen and oxygen atoms in total. The fourth-order valence-corrected chi connectivity index (χ4v) is 3.02. The number of aromatic nitrogens is 1. The third kappa shape index (κ3) is 3.70. The van der Waals surface area contributed by atoms with E-state index in [1.54, 1.807) is 0 Å². The number of likely N-dealkylation sites (N-methyl/N-ethyl adjacent to an activating group) is 1. The number of aliphatic hydroxyl groups is 2. The molecule has 2 rings (SSSR count). The van der Waals surface area contributed by atoms with Gasteiger partial charge in [0, 0.05) is 19.3 Å². The van der Waals surface area contributed by atoms with Gasteiger partial charge in [0.15, 0.2) is 0 Å². The first kappa shape index (κ1) is 15.3. The smallest absolute Gasteiger partial charge is 0.128 e. The van der Waals surface area contributed by atoms with Crippen LogP contribution in [-0.4, -0.2) is 34.4 Å². The van der Waals surface area contributed by atoms with E-state index >= 15 is 0 Å². The number of hydrogen-bond acceptors (Lipinski definition) is 4. The number of pyridine rings is 1. The van der Waals surface area contributed by atoms with E-state index in [0.29, 0.717) is 6.54 Å². The maximum absolute atomic E-state index is 10.5. The van der Waals surface area contributed by atoms with Crippen molar-refractivity contribution in [3.8, 4) is 0 Å². The number of rotatable bonds is 6. The molecule has 1 aliphatic rings. The average Bonchev–Trinajstić information content (AvgIpc) is 2.85. The molecule has 1 aliphatic carbocycles. The minimum atomic E-state index is -0.573. The topological polar surface area (TPSA) is 56.6 Å². The molecule has 0 amide bonds. The van der Waals surface area contributed by atoms with E-state index in [9.17, 15) is 10.2 Å². The van der Waals surface area contributed by atoms with Crippen LogP contribution in [0.1, 0.15) is 50.3 Å². The van der Waals surface area contributed by atoms with Gasteiger partial charge in [0.25, 0.3) is 0 Å². The molecule has 1 fully saturated rings. The third-order valence-corrected chi connectivity index (χ3v) is 4.07. The monoisotopic (exact) mass is 278 g/mol. The lowest BCUT2D eigenvalue weighted by Gasteiger charge is -2.29. The summed E-state index contributed by atoms with van der Waals surface area (Å²) in [6.07, 6.45) is 5.91. The summed E-state index contributed by atoms with van der Waals surface area (Å²) in [5, 5.41) is 19.9. The zero-order chi connectivity index (χ0) is 14.6. The Morgan fingerprint density at radius 1 is 1.30 bits per heavy atom. The van der Waals surface area contributed by atoms with Crippen molar-refractivity contribution in [1.29, 1.82) is 0 Å². The van der Waals surface area contributed by atoms with Gasteiger partial charge in [-0.15, -0.1) is 0 Å². The van der Waals surface area contributed by atoms with Crippen molar-refractivity contribution in [1.82, 2.24) is 4.98 Å². The largest absolute Gasteiger partial charge is 0.392 e. The third-order valence-electron chi connectivity index (χ3n) is 4.07. The molecule has 0 aliphatic heterocycles. The summed E-state index contributed by atoms with van der Waals surface area (Å²) in [5.41, 5.74) is 1.33. The predicted octanol–water partition coefficient (Wildman–Crippen LogP) is 2.27. The molecule has 112 valence electrons. The summed E-state index contributed by atoms with van der Waals surface area (Å²) in [5.74, 6) is 0.848. The number of anilines is 1. The van der Waals surface area contributed by atoms with Gasteiger partial charge >= 0.3 is 0 Å². The van der Waals surface area contributed by atoms with Crippen LogP contribution in [0.15, 0.2) is 12.1 Å². The Morgan fingerprint density at radius 3 is 2.60 bits per heavy atom. The van der Waals surface area contributed by atoms with Gasteiger partial charge in [0.2, 0.25) is 0 Å². The minimum Gasteiger partial charge on any atom is -0.392 e. The summed E-state index contributed by atoms with van der Waals surface area (Å²) in [7, 11) is 1.97. The fraction of sp³-hybridized carbons (Fsp3) is 0.688. The molecule has 1 aromatic rings. The van der Waals surface area contributed by atoms with Gasteiger partial charge in [-0.2, -0.15) is 0 Å². The Balaban J connectivity index is 2.15. The van der Waals surface area contributed by atoms with Crippen LogP contribution in [0, 0.1) is 0 Å². The van der Waals surface area contributed by atoms with Gasteiger partial charge in [-0.1, -0.05) is 26.2 Å². The highest BCUT2D eigenvalue weighted by atomic mass is 16.3. The first-order valence-corrected chi connectivity index (χ1v) is 7.60. The second kappa shape index (κ2) is 6.55. The summed E-state index contributed by atoms with van der Waals surface area (Å²) < 4.78 is 0. The van der Waals surface area contributed by atoms with Crippen LogP contribution in [-0.2, 0) is 13.0 Å². The Morgan fingerprint density at radius 2 is 2.00 bits per heavy atom. The molecule has 0 aromatic carbocycles. The van der Waals surface area contributed by atoms with Gasteiger partial charge in [0.1, 0.15) is 5.82 Å². The molecular weight excluding hydrogens is 252 g/mol. The fourth-order valence-electron chi connectivity index (χ4n) is 3.02. The molecule has 0 unspecified atom stereocenters. The summed E-state index contributed by atoms with van der Waals surface area (Å²) in [4.78, 5) is 6.67. The van der Waals surface area contributed by atoms with E-state index in [0.717, 1.165) is 55.6 Å². The zero-order valence-electron chi connectivity index (χ0n) is 12.6. The number of aliphatic hydroxyl groups excluding tert-OH is 1. The van der Waals surface area contributed by atoms with Crippen LogP contribution in [0.25, 0.3) is 0 Å². The quantitative estimate of drug-likeness (QED) is 0.838. The number of nitrogens with zero attached hydrogens (tertiary/aromatic N) is 2. The first-order chi connectivity index (χ1) is 9.56. The van der Waals surface area contributed by atoms with Crippen molar-refractivity contribution >= 4 is 5.82 Å². The van der Waals surface area contributed by atoms with Crippen molar-refractivity contribution in [3.63, 3.8) is 0 Å². The molecule has 4 heteroatoms. The Bertz CT molecular complexity index is 442. The molecular formula is C16H26N2O2. The minimum absolute atomic E-state index is 0.0321. The highest BCUT2D eigenvalue weighted by Crippen LogP contribution is 2.31. The maximum Gasteiger partial charge on any atom is 0.128 e. The number of hydrogen-bond donors (Lipinski definition) is 2. The molecule has 20 heavy (non-hydrogen) atoms. The van der Waals surface area contributed by atoms with Crippen molar-refractivity contribution in [3.05, 3.63) is 23.4 Å². The zero-order valence-corrected chi connectivity index (χ0v) is 12.6. The van der Waals surface area contributed by atoms with Crippen LogP contribution in [0.4, 0.5) is 5.82 Å². The van der Waals surface area contributed by atoms with Crippen molar-refractivity contribution < 1.29 is 10.2 Å². The van der Waals surface area contributed by atoms with Crippen LogP contribution < -0.4 is 4.90 Å². The molecule has 0 saturated heterocycles. The predicted molar refractivity (Wildman–Crippen MR) is 80.8 cm³/mol. The lowest BCUT2D eigenvalue weighted by atomic mass is 10.0. The maximum atomic E-state index is 10.5. The van der Waals surface area contributed by atoms with Gasteiger partial charge in [-0.05, 0) is 37.0 Å². The van der Waals surface area contributed by atoms with E-state index in [2.05, 4.69) is 11.9 Å². The van der Waals surface area contributed by atoms with E-state index < -0.39 is 5.60 Å². The highest BCUT2D eigenvalue weighted by Gasteiger charge is 2.32. The average molecular weight is 278 g/mol. The van der Waals surface area contributed by atoms with Crippen molar-refractivity contribution in [2.75, 3.05) is 18.5 Å². The van der Waals surface area contributed by atoms with Crippen LogP contribution >= 0.6 is 0 Å². The van der Waals surface area contributed by atoms with Gasteiger partial charge in [0.05, 0.1) is 12.2 Å². The van der Waals surface area contributed by atoms with Crippen molar-refractivity contribution in [2.24, 2.45) is 0 Å². The van der Waals surface area contributed by atoms with Crippen LogP contribution in [0.5, 0.6) is 0 Å². The Hall–Kier alpha value is -1.13. The molecule has 1 heterocycles.